The Kier molecular flexibility index (Phi) is 4.32. The number of nitrogens with one attached hydrogen (secondary N) is 1. The quantitative estimate of drug-likeness (QED) is 0.300. The molecule has 0 radical (unpaired) electrons. The summed E-state index contributed by atoms with van der Waals surface area (Å²) in [5, 5.41) is 7.34. The highest BCUT2D eigenvalue weighted by Crippen LogP contribution is 2.17. The normalized spacial score (nSPS) is 9.79. The Bertz CT molecular complexity index is 315. The van der Waals surface area contributed by atoms with E-state index in [4.69, 9.17) is 15.9 Å². The lowest BCUT2D eigenvalue weighted by molar-refractivity contribution is 0.318. The summed E-state index contributed by atoms with van der Waals surface area (Å²) in [6.07, 6.45) is 0.884. The molecule has 1 rings (SSSR count). The predicted molar refractivity (Wildman–Crippen MR) is 61.4 cm³/mol. The van der Waals surface area contributed by atoms with E-state index in [2.05, 4.69) is 12.6 Å². The molecule has 4 heteroatoms. The van der Waals surface area contributed by atoms with Gasteiger partial charge in [0.2, 0.25) is 0 Å². The molecule has 1 aromatic carbocycles. The average molecular weight is 210 g/mol. The Morgan fingerprint density at radius 2 is 2.14 bits per heavy atom. The molecule has 76 valence electrons. The first-order chi connectivity index (χ1) is 6.75. The Morgan fingerprint density at radius 3 is 2.79 bits per heavy atom. The third-order valence-electron chi connectivity index (χ3n) is 1.74. The van der Waals surface area contributed by atoms with Crippen molar-refractivity contribution in [3.05, 3.63) is 29.8 Å². The average Bonchev–Trinajstić information content (AvgIpc) is 2.19. The van der Waals surface area contributed by atoms with Crippen molar-refractivity contribution in [1.29, 1.82) is 5.41 Å². The number of amidine groups is 1. The van der Waals surface area contributed by atoms with Gasteiger partial charge in [-0.25, -0.2) is 0 Å². The first-order valence-corrected chi connectivity index (χ1v) is 5.06. The summed E-state index contributed by atoms with van der Waals surface area (Å²) in [6, 6.07) is 7.29. The van der Waals surface area contributed by atoms with Crippen LogP contribution in [0.15, 0.2) is 24.3 Å². The first kappa shape index (κ1) is 10.9. The largest absolute Gasteiger partial charge is 0.493 e. The number of benzene rings is 1. The molecule has 0 saturated carbocycles. The number of nitrogen functional groups attached to an aromatic ring is 1. The van der Waals surface area contributed by atoms with Crippen molar-refractivity contribution in [3.8, 4) is 5.75 Å². The summed E-state index contributed by atoms with van der Waals surface area (Å²) in [6.45, 7) is 0.605. The maximum Gasteiger partial charge on any atom is 0.130 e. The minimum Gasteiger partial charge on any atom is -0.493 e. The van der Waals surface area contributed by atoms with Gasteiger partial charge in [0, 0.05) is 0 Å². The molecule has 0 unspecified atom stereocenters. The van der Waals surface area contributed by atoms with Crippen LogP contribution in [-0.4, -0.2) is 18.2 Å². The van der Waals surface area contributed by atoms with E-state index in [0.29, 0.717) is 17.9 Å². The molecule has 0 amide bonds. The van der Waals surface area contributed by atoms with Gasteiger partial charge in [0.25, 0.3) is 0 Å². The second kappa shape index (κ2) is 5.54. The fourth-order valence-electron chi connectivity index (χ4n) is 1.06. The van der Waals surface area contributed by atoms with E-state index < -0.39 is 0 Å². The van der Waals surface area contributed by atoms with Gasteiger partial charge in [-0.2, -0.15) is 12.6 Å². The van der Waals surface area contributed by atoms with E-state index in [1.54, 1.807) is 6.07 Å². The molecular weight excluding hydrogens is 196 g/mol. The molecule has 14 heavy (non-hydrogen) atoms. The second-order valence-corrected chi connectivity index (χ2v) is 3.28. The van der Waals surface area contributed by atoms with Gasteiger partial charge in [-0.1, -0.05) is 12.1 Å². The number of hydrogen-bond donors (Lipinski definition) is 3. The third-order valence-corrected chi connectivity index (χ3v) is 2.05. The summed E-state index contributed by atoms with van der Waals surface area (Å²) < 4.78 is 5.47. The Labute approximate surface area is 89.2 Å². The molecule has 0 heterocycles. The summed E-state index contributed by atoms with van der Waals surface area (Å²) >= 11 is 4.09. The number of para-hydroxylation sites is 1. The van der Waals surface area contributed by atoms with Gasteiger partial charge >= 0.3 is 0 Å². The Balaban J connectivity index is 2.69. The molecule has 3 N–H and O–H groups in total. The first-order valence-electron chi connectivity index (χ1n) is 4.43. The van der Waals surface area contributed by atoms with Crippen LogP contribution in [0.5, 0.6) is 5.75 Å². The van der Waals surface area contributed by atoms with E-state index >= 15 is 0 Å². The standard InChI is InChI=1S/C10H14N2OS/c11-10(12)8-4-1-2-5-9(8)13-6-3-7-14/h1-2,4-5,14H,3,6-7H2,(H3,11,12). The highest BCUT2D eigenvalue weighted by Gasteiger charge is 2.04. The smallest absolute Gasteiger partial charge is 0.130 e. The fourth-order valence-corrected chi connectivity index (χ4v) is 1.19. The van der Waals surface area contributed by atoms with Crippen LogP contribution in [0.2, 0.25) is 0 Å². The van der Waals surface area contributed by atoms with Crippen LogP contribution in [0, 0.1) is 5.41 Å². The van der Waals surface area contributed by atoms with Gasteiger partial charge < -0.3 is 10.5 Å². The maximum atomic E-state index is 7.34. The van der Waals surface area contributed by atoms with E-state index in [9.17, 15) is 0 Å². The van der Waals surface area contributed by atoms with Crippen LogP contribution in [0.1, 0.15) is 12.0 Å². The molecule has 3 nitrogen and oxygen atoms in total. The highest BCUT2D eigenvalue weighted by molar-refractivity contribution is 7.80. The molecule has 0 aromatic heterocycles. The van der Waals surface area contributed by atoms with Crippen LogP contribution >= 0.6 is 12.6 Å². The number of thiol groups is 1. The van der Waals surface area contributed by atoms with E-state index in [0.717, 1.165) is 12.2 Å². The zero-order chi connectivity index (χ0) is 10.4. The summed E-state index contributed by atoms with van der Waals surface area (Å²) in [5.41, 5.74) is 6.05. The van der Waals surface area contributed by atoms with E-state index in [1.165, 1.54) is 0 Å². The summed E-state index contributed by atoms with van der Waals surface area (Å²) in [7, 11) is 0. The minimum atomic E-state index is 0.0338. The molecule has 0 fully saturated rings. The zero-order valence-corrected chi connectivity index (χ0v) is 8.76. The SMILES string of the molecule is N=C(N)c1ccccc1OCCCS. The van der Waals surface area contributed by atoms with Gasteiger partial charge in [0.15, 0.2) is 0 Å². The highest BCUT2D eigenvalue weighted by atomic mass is 32.1. The lowest BCUT2D eigenvalue weighted by Gasteiger charge is -2.09. The van der Waals surface area contributed by atoms with Gasteiger partial charge in [-0.3, -0.25) is 5.41 Å². The fraction of sp³-hybridized carbons (Fsp3) is 0.300. The summed E-state index contributed by atoms with van der Waals surface area (Å²) in [5.74, 6) is 1.50. The zero-order valence-electron chi connectivity index (χ0n) is 7.86. The van der Waals surface area contributed by atoms with Gasteiger partial charge in [0.1, 0.15) is 11.6 Å². The second-order valence-electron chi connectivity index (χ2n) is 2.84. The molecule has 0 atom stereocenters. The van der Waals surface area contributed by atoms with Crippen LogP contribution in [0.4, 0.5) is 0 Å². The number of hydrogen-bond acceptors (Lipinski definition) is 3. The van der Waals surface area contributed by atoms with Crippen molar-refractivity contribution in [2.45, 2.75) is 6.42 Å². The molecule has 0 spiro atoms. The predicted octanol–water partition coefficient (Wildman–Crippen LogP) is 1.67. The van der Waals surface area contributed by atoms with Crippen LogP contribution < -0.4 is 10.5 Å². The van der Waals surface area contributed by atoms with Crippen molar-refractivity contribution in [2.24, 2.45) is 5.73 Å². The number of ether oxygens (including phenoxy) is 1. The van der Waals surface area contributed by atoms with Crippen LogP contribution in [0.3, 0.4) is 0 Å². The topological polar surface area (TPSA) is 59.1 Å². The Morgan fingerprint density at radius 1 is 1.43 bits per heavy atom. The van der Waals surface area contributed by atoms with Gasteiger partial charge in [-0.05, 0) is 24.3 Å². The van der Waals surface area contributed by atoms with Crippen molar-refractivity contribution in [1.82, 2.24) is 0 Å². The number of rotatable bonds is 5. The van der Waals surface area contributed by atoms with Gasteiger partial charge in [0.05, 0.1) is 12.2 Å². The van der Waals surface area contributed by atoms with E-state index in [1.807, 2.05) is 18.2 Å². The van der Waals surface area contributed by atoms with Crippen molar-refractivity contribution < 1.29 is 4.74 Å². The van der Waals surface area contributed by atoms with Crippen molar-refractivity contribution >= 4 is 18.5 Å². The van der Waals surface area contributed by atoms with Crippen LogP contribution in [-0.2, 0) is 0 Å². The molecule has 0 aliphatic heterocycles. The molecule has 1 aromatic rings. The van der Waals surface area contributed by atoms with E-state index in [-0.39, 0.29) is 5.84 Å². The van der Waals surface area contributed by atoms with Gasteiger partial charge in [-0.15, -0.1) is 0 Å². The number of nitrogens with two attached hydrogens (primary N) is 1. The molecule has 0 bridgehead atoms. The van der Waals surface area contributed by atoms with Crippen LogP contribution in [0.25, 0.3) is 0 Å². The molecule has 0 aliphatic rings. The lowest BCUT2D eigenvalue weighted by Crippen LogP contribution is -2.13. The maximum absolute atomic E-state index is 7.34. The minimum absolute atomic E-state index is 0.0338. The Hall–Kier alpha value is -1.16. The molecule has 0 saturated heterocycles. The van der Waals surface area contributed by atoms with Crippen molar-refractivity contribution in [2.75, 3.05) is 12.4 Å². The summed E-state index contributed by atoms with van der Waals surface area (Å²) in [4.78, 5) is 0. The molecule has 0 aliphatic carbocycles. The molecular formula is C10H14N2OS. The van der Waals surface area contributed by atoms with Crippen molar-refractivity contribution in [3.63, 3.8) is 0 Å². The monoisotopic (exact) mass is 210 g/mol. The third kappa shape index (κ3) is 2.96. The lowest BCUT2D eigenvalue weighted by atomic mass is 10.2.